The third-order valence-electron chi connectivity index (χ3n) is 2.78. The first kappa shape index (κ1) is 17.5. The molecule has 0 unspecified atom stereocenters. The van der Waals surface area contributed by atoms with Crippen LogP contribution in [0.1, 0.15) is 20.8 Å². The molecule has 0 saturated heterocycles. The minimum atomic E-state index is -0.216. The SMILES string of the molecule is CCN(CC)C(=S)S[C@H](C)C(=O)Nc1ccc(Br)cc1. The van der Waals surface area contributed by atoms with Crippen LogP contribution >= 0.6 is 39.9 Å². The largest absolute Gasteiger partial charge is 0.358 e. The maximum atomic E-state index is 12.1. The average molecular weight is 375 g/mol. The molecule has 0 radical (unpaired) electrons. The van der Waals surface area contributed by atoms with Gasteiger partial charge in [-0.1, -0.05) is 39.9 Å². The maximum absolute atomic E-state index is 12.1. The molecule has 1 aromatic carbocycles. The minimum absolute atomic E-state index is 0.0353. The van der Waals surface area contributed by atoms with Crippen LogP contribution in [0.3, 0.4) is 0 Å². The molecule has 3 nitrogen and oxygen atoms in total. The van der Waals surface area contributed by atoms with Crippen molar-refractivity contribution in [2.75, 3.05) is 18.4 Å². The molecule has 20 heavy (non-hydrogen) atoms. The zero-order valence-corrected chi connectivity index (χ0v) is 15.1. The molecule has 6 heteroatoms. The van der Waals surface area contributed by atoms with E-state index in [-0.39, 0.29) is 11.2 Å². The van der Waals surface area contributed by atoms with Crippen LogP contribution in [0.5, 0.6) is 0 Å². The number of carbonyl (C=O) groups excluding carboxylic acids is 1. The summed E-state index contributed by atoms with van der Waals surface area (Å²) < 4.78 is 1.76. The number of anilines is 1. The summed E-state index contributed by atoms with van der Waals surface area (Å²) in [6.45, 7) is 7.72. The van der Waals surface area contributed by atoms with Crippen molar-refractivity contribution in [1.29, 1.82) is 0 Å². The molecule has 1 rings (SSSR count). The number of rotatable bonds is 5. The number of thiocarbonyl (C=S) groups is 1. The molecule has 110 valence electrons. The first-order chi connectivity index (χ1) is 9.47. The molecule has 0 aliphatic heterocycles. The van der Waals surface area contributed by atoms with Crippen molar-refractivity contribution in [2.24, 2.45) is 0 Å². The number of benzene rings is 1. The summed E-state index contributed by atoms with van der Waals surface area (Å²) in [6.07, 6.45) is 0. The van der Waals surface area contributed by atoms with Gasteiger partial charge in [0.05, 0.1) is 5.25 Å². The van der Waals surface area contributed by atoms with Crippen LogP contribution in [0.4, 0.5) is 5.69 Å². The Balaban J connectivity index is 2.54. The first-order valence-electron chi connectivity index (χ1n) is 6.49. The van der Waals surface area contributed by atoms with Crippen molar-refractivity contribution in [3.05, 3.63) is 28.7 Å². The van der Waals surface area contributed by atoms with Crippen molar-refractivity contribution < 1.29 is 4.79 Å². The molecule has 1 atom stereocenters. The van der Waals surface area contributed by atoms with Crippen molar-refractivity contribution in [3.8, 4) is 0 Å². The smallest absolute Gasteiger partial charge is 0.237 e. The van der Waals surface area contributed by atoms with E-state index in [1.54, 1.807) is 0 Å². The lowest BCUT2D eigenvalue weighted by Gasteiger charge is -2.22. The molecule has 0 aliphatic carbocycles. The Morgan fingerprint density at radius 1 is 1.35 bits per heavy atom. The highest BCUT2D eigenvalue weighted by molar-refractivity contribution is 9.10. The molecule has 1 aromatic rings. The van der Waals surface area contributed by atoms with E-state index in [0.29, 0.717) is 0 Å². The van der Waals surface area contributed by atoms with Crippen molar-refractivity contribution in [1.82, 2.24) is 4.90 Å². The zero-order valence-electron chi connectivity index (χ0n) is 11.9. The van der Waals surface area contributed by atoms with Gasteiger partial charge in [0, 0.05) is 23.2 Å². The van der Waals surface area contributed by atoms with Crippen LogP contribution in [0.15, 0.2) is 28.7 Å². The third kappa shape index (κ3) is 5.42. The number of hydrogen-bond donors (Lipinski definition) is 1. The predicted octanol–water partition coefficient (Wildman–Crippen LogP) is 4.14. The molecule has 0 saturated carbocycles. The van der Waals surface area contributed by atoms with Gasteiger partial charge < -0.3 is 10.2 Å². The summed E-state index contributed by atoms with van der Waals surface area (Å²) in [4.78, 5) is 14.2. The summed E-state index contributed by atoms with van der Waals surface area (Å²) in [7, 11) is 0. The van der Waals surface area contributed by atoms with E-state index < -0.39 is 0 Å². The van der Waals surface area contributed by atoms with Gasteiger partial charge in [0.2, 0.25) is 5.91 Å². The molecule has 0 bridgehead atoms. The van der Waals surface area contributed by atoms with Crippen LogP contribution in [0.2, 0.25) is 0 Å². The van der Waals surface area contributed by atoms with E-state index in [2.05, 4.69) is 40.0 Å². The third-order valence-corrected chi connectivity index (χ3v) is 4.88. The van der Waals surface area contributed by atoms with Gasteiger partial charge in [0.1, 0.15) is 4.32 Å². The van der Waals surface area contributed by atoms with E-state index in [4.69, 9.17) is 12.2 Å². The average Bonchev–Trinajstić information content (AvgIpc) is 2.42. The lowest BCUT2D eigenvalue weighted by molar-refractivity contribution is -0.115. The highest BCUT2D eigenvalue weighted by atomic mass is 79.9. The van der Waals surface area contributed by atoms with Gasteiger partial charge in [-0.3, -0.25) is 4.79 Å². The number of amides is 1. The second-order valence-corrected chi connectivity index (χ2v) is 7.08. The molecular weight excluding hydrogens is 356 g/mol. The Bertz CT molecular complexity index is 461. The predicted molar refractivity (Wildman–Crippen MR) is 95.3 cm³/mol. The molecule has 0 aliphatic rings. The summed E-state index contributed by atoms with van der Waals surface area (Å²) >= 11 is 10.1. The second kappa shape index (κ2) is 8.64. The minimum Gasteiger partial charge on any atom is -0.358 e. The highest BCUT2D eigenvalue weighted by Crippen LogP contribution is 2.19. The molecule has 0 aromatic heterocycles. The van der Waals surface area contributed by atoms with Gasteiger partial charge in [0.25, 0.3) is 0 Å². The topological polar surface area (TPSA) is 32.3 Å². The van der Waals surface area contributed by atoms with Crippen molar-refractivity contribution in [3.63, 3.8) is 0 Å². The molecule has 1 N–H and O–H groups in total. The van der Waals surface area contributed by atoms with Crippen LogP contribution in [-0.4, -0.2) is 33.5 Å². The second-order valence-electron chi connectivity index (χ2n) is 4.19. The van der Waals surface area contributed by atoms with E-state index >= 15 is 0 Å². The molecule has 0 spiro atoms. The Kier molecular flexibility index (Phi) is 7.55. The number of nitrogens with zero attached hydrogens (tertiary/aromatic N) is 1. The highest BCUT2D eigenvalue weighted by Gasteiger charge is 2.18. The molecule has 0 fully saturated rings. The molecular formula is C14H19BrN2OS2. The quantitative estimate of drug-likeness (QED) is 0.785. The fraction of sp³-hybridized carbons (Fsp3) is 0.429. The number of nitrogens with one attached hydrogen (secondary N) is 1. The Morgan fingerprint density at radius 2 is 1.90 bits per heavy atom. The van der Waals surface area contributed by atoms with Crippen LogP contribution < -0.4 is 5.32 Å². The fourth-order valence-electron chi connectivity index (χ4n) is 1.54. The van der Waals surface area contributed by atoms with Gasteiger partial charge in [-0.2, -0.15) is 0 Å². The number of halogens is 1. The maximum Gasteiger partial charge on any atom is 0.237 e. The van der Waals surface area contributed by atoms with Gasteiger partial charge in [0.15, 0.2) is 0 Å². The summed E-state index contributed by atoms with van der Waals surface area (Å²) in [5.74, 6) is -0.0353. The van der Waals surface area contributed by atoms with E-state index in [9.17, 15) is 4.79 Å². The fourth-order valence-corrected chi connectivity index (χ4v) is 3.37. The summed E-state index contributed by atoms with van der Waals surface area (Å²) in [5, 5.41) is 2.67. The van der Waals surface area contributed by atoms with Gasteiger partial charge >= 0.3 is 0 Å². The van der Waals surface area contributed by atoms with Crippen LogP contribution in [0, 0.1) is 0 Å². The van der Waals surface area contributed by atoms with E-state index in [1.807, 2.05) is 31.2 Å². The summed E-state index contributed by atoms with van der Waals surface area (Å²) in [5.41, 5.74) is 0.791. The van der Waals surface area contributed by atoms with Crippen LogP contribution in [0.25, 0.3) is 0 Å². The standard InChI is InChI=1S/C14H19BrN2OS2/c1-4-17(5-2)14(19)20-10(3)13(18)16-12-8-6-11(15)7-9-12/h6-10H,4-5H2,1-3H3,(H,16,18)/t10-/m1/s1. The Hall–Kier alpha value is -0.590. The lowest BCUT2D eigenvalue weighted by atomic mass is 10.3. The molecule has 1 amide bonds. The monoisotopic (exact) mass is 374 g/mol. The number of carbonyl (C=O) groups is 1. The van der Waals surface area contributed by atoms with Gasteiger partial charge in [-0.25, -0.2) is 0 Å². The number of hydrogen-bond acceptors (Lipinski definition) is 3. The van der Waals surface area contributed by atoms with Crippen molar-refractivity contribution >= 4 is 55.8 Å². The lowest BCUT2D eigenvalue weighted by Crippen LogP contribution is -2.31. The first-order valence-corrected chi connectivity index (χ1v) is 8.58. The van der Waals surface area contributed by atoms with E-state index in [0.717, 1.165) is 27.6 Å². The molecule has 0 heterocycles. The Morgan fingerprint density at radius 3 is 2.40 bits per heavy atom. The van der Waals surface area contributed by atoms with Gasteiger partial charge in [-0.05, 0) is 45.0 Å². The van der Waals surface area contributed by atoms with Crippen molar-refractivity contribution in [2.45, 2.75) is 26.0 Å². The normalized spacial score (nSPS) is 11.8. The zero-order chi connectivity index (χ0) is 15.1. The van der Waals surface area contributed by atoms with Gasteiger partial charge in [-0.15, -0.1) is 0 Å². The number of thioether (sulfide) groups is 1. The van der Waals surface area contributed by atoms with E-state index in [1.165, 1.54) is 11.8 Å². The van der Waals surface area contributed by atoms with Crippen LogP contribution in [-0.2, 0) is 4.79 Å². The summed E-state index contributed by atoms with van der Waals surface area (Å²) in [6, 6.07) is 7.52. The Labute approximate surface area is 138 Å².